The van der Waals surface area contributed by atoms with Crippen molar-refractivity contribution >= 4 is 22.6 Å². The fraction of sp³-hybridized carbons (Fsp3) is 0.154. The van der Waals surface area contributed by atoms with Crippen LogP contribution in [0.1, 0.15) is 5.76 Å². The predicted octanol–water partition coefficient (Wildman–Crippen LogP) is 4.80. The predicted molar refractivity (Wildman–Crippen MR) is 126 cm³/mol. The van der Waals surface area contributed by atoms with Gasteiger partial charge in [-0.2, -0.15) is 0 Å². The number of hydrogen-bond acceptors (Lipinski definition) is 6. The number of fused-ring (bicyclic) bond motifs is 1. The van der Waals surface area contributed by atoms with E-state index >= 15 is 0 Å². The van der Waals surface area contributed by atoms with Crippen molar-refractivity contribution in [2.24, 2.45) is 0 Å². The second-order valence-electron chi connectivity index (χ2n) is 7.29. The minimum atomic E-state index is -0.365. The molecule has 33 heavy (non-hydrogen) atoms. The maximum atomic E-state index is 13.1. The minimum absolute atomic E-state index is 0.115. The Morgan fingerprint density at radius 2 is 1.70 bits per heavy atom. The van der Waals surface area contributed by atoms with Crippen LogP contribution in [0.5, 0.6) is 17.2 Å². The Balaban J connectivity index is 1.51. The molecule has 1 heterocycles. The number of carbonyl (C=O) groups is 1. The number of benzene rings is 3. The summed E-state index contributed by atoms with van der Waals surface area (Å²) < 4.78 is 22.0. The van der Waals surface area contributed by atoms with E-state index in [-0.39, 0.29) is 17.9 Å². The third-order valence-corrected chi connectivity index (χ3v) is 5.16. The summed E-state index contributed by atoms with van der Waals surface area (Å²) in [7, 11) is 3.06. The van der Waals surface area contributed by atoms with Crippen molar-refractivity contribution in [3.63, 3.8) is 0 Å². The molecule has 4 aromatic rings. The summed E-state index contributed by atoms with van der Waals surface area (Å²) in [6.07, 6.45) is 0. The van der Waals surface area contributed by atoms with E-state index in [0.29, 0.717) is 45.2 Å². The molecule has 7 nitrogen and oxygen atoms in total. The molecule has 1 aromatic heterocycles. The third-order valence-electron chi connectivity index (χ3n) is 5.16. The van der Waals surface area contributed by atoms with Crippen LogP contribution < -0.4 is 25.0 Å². The molecule has 1 amide bonds. The molecule has 0 aliphatic carbocycles. The highest BCUT2D eigenvalue weighted by Crippen LogP contribution is 2.29. The molecule has 1 N–H and O–H groups in total. The fourth-order valence-electron chi connectivity index (χ4n) is 3.55. The fourth-order valence-corrected chi connectivity index (χ4v) is 3.55. The largest absolute Gasteiger partial charge is 0.497 e. The van der Waals surface area contributed by atoms with E-state index in [2.05, 4.69) is 5.32 Å². The van der Waals surface area contributed by atoms with E-state index in [9.17, 15) is 9.59 Å². The van der Waals surface area contributed by atoms with Crippen LogP contribution in [0.25, 0.3) is 22.1 Å². The van der Waals surface area contributed by atoms with E-state index in [4.69, 9.17) is 18.6 Å². The maximum Gasteiger partial charge on any atom is 0.262 e. The van der Waals surface area contributed by atoms with Gasteiger partial charge in [0.25, 0.3) is 5.91 Å². The standard InChI is InChI=1S/C26H23NO6/c1-16-25(17-7-5-4-6-8-17)26(29)20-11-9-19(14-22(20)33-16)32-15-24(28)27-21-12-10-18(30-2)13-23(21)31-3/h4-14H,15H2,1-3H3,(H,27,28). The van der Waals surface area contributed by atoms with Crippen LogP contribution in [0.15, 0.2) is 75.9 Å². The summed E-state index contributed by atoms with van der Waals surface area (Å²) in [6, 6.07) is 19.4. The number of anilines is 1. The summed E-state index contributed by atoms with van der Waals surface area (Å²) in [5.74, 6) is 1.65. The number of aryl methyl sites for hydroxylation is 1. The van der Waals surface area contributed by atoms with Gasteiger partial charge in [0, 0.05) is 12.1 Å². The molecule has 168 valence electrons. The van der Waals surface area contributed by atoms with Crippen LogP contribution in [0.3, 0.4) is 0 Å². The molecule has 0 unspecified atom stereocenters. The molecule has 0 radical (unpaired) electrons. The third kappa shape index (κ3) is 4.67. The molecule has 0 fully saturated rings. The number of nitrogens with one attached hydrogen (secondary N) is 1. The minimum Gasteiger partial charge on any atom is -0.497 e. The second kappa shape index (κ2) is 9.48. The van der Waals surface area contributed by atoms with Crippen molar-refractivity contribution in [2.45, 2.75) is 6.92 Å². The van der Waals surface area contributed by atoms with Gasteiger partial charge in [0.05, 0.1) is 30.9 Å². The zero-order chi connectivity index (χ0) is 23.4. The van der Waals surface area contributed by atoms with Gasteiger partial charge in [0.15, 0.2) is 6.61 Å². The van der Waals surface area contributed by atoms with Crippen LogP contribution in [0.2, 0.25) is 0 Å². The van der Waals surface area contributed by atoms with Crippen LogP contribution in [0, 0.1) is 6.92 Å². The Labute approximate surface area is 190 Å². The normalized spacial score (nSPS) is 10.6. The smallest absolute Gasteiger partial charge is 0.262 e. The molecule has 0 bridgehead atoms. The van der Waals surface area contributed by atoms with Gasteiger partial charge in [0.2, 0.25) is 5.43 Å². The van der Waals surface area contributed by atoms with Gasteiger partial charge in [-0.15, -0.1) is 0 Å². The lowest BCUT2D eigenvalue weighted by Gasteiger charge is -2.12. The van der Waals surface area contributed by atoms with Gasteiger partial charge in [-0.3, -0.25) is 9.59 Å². The summed E-state index contributed by atoms with van der Waals surface area (Å²) >= 11 is 0. The first kappa shape index (κ1) is 22.0. The second-order valence-corrected chi connectivity index (χ2v) is 7.29. The molecule has 0 saturated carbocycles. The topological polar surface area (TPSA) is 87.0 Å². The average Bonchev–Trinajstić information content (AvgIpc) is 2.83. The average molecular weight is 445 g/mol. The first-order valence-corrected chi connectivity index (χ1v) is 10.3. The zero-order valence-electron chi connectivity index (χ0n) is 18.5. The van der Waals surface area contributed by atoms with Crippen LogP contribution in [0.4, 0.5) is 5.69 Å². The van der Waals surface area contributed by atoms with Gasteiger partial charge in [0.1, 0.15) is 28.6 Å². The summed E-state index contributed by atoms with van der Waals surface area (Å²) in [6.45, 7) is 1.53. The van der Waals surface area contributed by atoms with Gasteiger partial charge >= 0.3 is 0 Å². The molecule has 7 heteroatoms. The number of ether oxygens (including phenoxy) is 3. The summed E-state index contributed by atoms with van der Waals surface area (Å²) in [5, 5.41) is 3.19. The van der Waals surface area contributed by atoms with Gasteiger partial charge in [-0.1, -0.05) is 30.3 Å². The van der Waals surface area contributed by atoms with E-state index in [1.165, 1.54) is 7.11 Å². The Morgan fingerprint density at radius 3 is 2.42 bits per heavy atom. The number of carbonyl (C=O) groups excluding carboxylic acids is 1. The number of methoxy groups -OCH3 is 2. The quantitative estimate of drug-likeness (QED) is 0.440. The monoisotopic (exact) mass is 445 g/mol. The first-order valence-electron chi connectivity index (χ1n) is 10.3. The van der Waals surface area contributed by atoms with E-state index in [1.807, 2.05) is 30.3 Å². The Kier molecular flexibility index (Phi) is 6.31. The van der Waals surface area contributed by atoms with Gasteiger partial charge < -0.3 is 23.9 Å². The summed E-state index contributed by atoms with van der Waals surface area (Å²) in [4.78, 5) is 25.4. The lowest BCUT2D eigenvalue weighted by atomic mass is 10.0. The van der Waals surface area contributed by atoms with E-state index in [1.54, 1.807) is 50.4 Å². The highest BCUT2D eigenvalue weighted by molar-refractivity contribution is 5.93. The van der Waals surface area contributed by atoms with Crippen molar-refractivity contribution in [3.8, 4) is 28.4 Å². The molecule has 0 saturated heterocycles. The molecule has 0 aliphatic rings. The van der Waals surface area contributed by atoms with Crippen molar-refractivity contribution in [3.05, 3.63) is 82.7 Å². The van der Waals surface area contributed by atoms with Gasteiger partial charge in [-0.05, 0) is 36.8 Å². The molecule has 0 spiro atoms. The molecule has 0 aliphatic heterocycles. The highest BCUT2D eigenvalue weighted by Gasteiger charge is 2.15. The molecule has 0 atom stereocenters. The van der Waals surface area contributed by atoms with E-state index in [0.717, 1.165) is 5.56 Å². The Bertz CT molecular complexity index is 1360. The highest BCUT2D eigenvalue weighted by atomic mass is 16.5. The number of amides is 1. The van der Waals surface area contributed by atoms with Crippen molar-refractivity contribution in [1.29, 1.82) is 0 Å². The molecule has 4 rings (SSSR count). The Hall–Kier alpha value is -4.26. The van der Waals surface area contributed by atoms with Crippen LogP contribution in [-0.2, 0) is 4.79 Å². The van der Waals surface area contributed by atoms with E-state index < -0.39 is 0 Å². The Morgan fingerprint density at radius 1 is 0.939 bits per heavy atom. The maximum absolute atomic E-state index is 13.1. The number of rotatable bonds is 7. The van der Waals surface area contributed by atoms with Crippen molar-refractivity contribution in [2.75, 3.05) is 26.1 Å². The summed E-state index contributed by atoms with van der Waals surface area (Å²) in [5.41, 5.74) is 2.12. The van der Waals surface area contributed by atoms with Crippen molar-refractivity contribution < 1.29 is 23.4 Å². The molecular weight excluding hydrogens is 422 g/mol. The SMILES string of the molecule is COc1ccc(NC(=O)COc2ccc3c(=O)c(-c4ccccc4)c(C)oc3c2)c(OC)c1. The first-order chi connectivity index (χ1) is 16.0. The van der Waals surface area contributed by atoms with Crippen molar-refractivity contribution in [1.82, 2.24) is 0 Å². The number of hydrogen-bond donors (Lipinski definition) is 1. The van der Waals surface area contributed by atoms with Crippen LogP contribution in [-0.4, -0.2) is 26.7 Å². The van der Waals surface area contributed by atoms with Gasteiger partial charge in [-0.25, -0.2) is 0 Å². The zero-order valence-corrected chi connectivity index (χ0v) is 18.5. The molecular formula is C26H23NO6. The molecule has 3 aromatic carbocycles. The lowest BCUT2D eigenvalue weighted by Crippen LogP contribution is -2.20. The van der Waals surface area contributed by atoms with Crippen LogP contribution >= 0.6 is 0 Å². The lowest BCUT2D eigenvalue weighted by molar-refractivity contribution is -0.118.